The highest BCUT2D eigenvalue weighted by atomic mass is 19.2. The highest BCUT2D eigenvalue weighted by Gasteiger charge is 2.41. The van der Waals surface area contributed by atoms with Gasteiger partial charge in [-0.05, 0) is 6.42 Å². The first-order valence-corrected chi connectivity index (χ1v) is 5.32. The van der Waals surface area contributed by atoms with E-state index in [2.05, 4.69) is 0 Å². The van der Waals surface area contributed by atoms with E-state index in [-0.39, 0.29) is 17.2 Å². The molecule has 3 atom stereocenters. The Labute approximate surface area is 94.9 Å². The number of benzene rings is 1. The van der Waals surface area contributed by atoms with E-state index in [0.717, 1.165) is 0 Å². The maximum absolute atomic E-state index is 13.7. The molecule has 3 aliphatic rings. The van der Waals surface area contributed by atoms with E-state index in [4.69, 9.17) is 5.73 Å². The molecule has 3 aliphatic carbocycles. The molecule has 0 radical (unpaired) electrons. The second kappa shape index (κ2) is 3.32. The van der Waals surface area contributed by atoms with Crippen molar-refractivity contribution in [3.63, 3.8) is 0 Å². The van der Waals surface area contributed by atoms with Crippen LogP contribution in [-0.4, -0.2) is 6.04 Å². The third-order valence-electron chi connectivity index (χ3n) is 3.58. The summed E-state index contributed by atoms with van der Waals surface area (Å²) in [6.07, 6.45) is 3.74. The Morgan fingerprint density at radius 2 is 1.47 bits per heavy atom. The highest BCUT2D eigenvalue weighted by molar-refractivity contribution is 5.48. The van der Waals surface area contributed by atoms with Gasteiger partial charge in [0, 0.05) is 29.0 Å². The minimum atomic E-state index is -1.76. The van der Waals surface area contributed by atoms with Crippen LogP contribution in [0.5, 0.6) is 0 Å². The van der Waals surface area contributed by atoms with Gasteiger partial charge in [-0.15, -0.1) is 0 Å². The smallest absolute Gasteiger partial charge is 0.197 e. The summed E-state index contributed by atoms with van der Waals surface area (Å²) >= 11 is 0. The van der Waals surface area contributed by atoms with Gasteiger partial charge in [0.1, 0.15) is 0 Å². The zero-order valence-electron chi connectivity index (χ0n) is 8.68. The van der Waals surface area contributed by atoms with Gasteiger partial charge in [-0.25, -0.2) is 17.6 Å². The number of nitrogens with two attached hydrogens (primary N) is 1. The Morgan fingerprint density at radius 3 is 2.06 bits per heavy atom. The van der Waals surface area contributed by atoms with Crippen LogP contribution in [0.3, 0.4) is 0 Å². The van der Waals surface area contributed by atoms with E-state index in [1.54, 1.807) is 12.2 Å². The summed E-state index contributed by atoms with van der Waals surface area (Å²) in [5.41, 5.74) is 5.59. The van der Waals surface area contributed by atoms with Crippen LogP contribution in [0.4, 0.5) is 17.6 Å². The van der Waals surface area contributed by atoms with E-state index in [9.17, 15) is 17.6 Å². The summed E-state index contributed by atoms with van der Waals surface area (Å²) in [4.78, 5) is 0. The fourth-order valence-electron chi connectivity index (χ4n) is 2.79. The molecule has 0 heterocycles. The van der Waals surface area contributed by atoms with Gasteiger partial charge in [0.25, 0.3) is 0 Å². The number of hydrogen-bond acceptors (Lipinski definition) is 1. The second-order valence-corrected chi connectivity index (χ2v) is 4.50. The molecule has 0 saturated carbocycles. The lowest BCUT2D eigenvalue weighted by Gasteiger charge is -2.38. The van der Waals surface area contributed by atoms with Crippen LogP contribution >= 0.6 is 0 Å². The Hall–Kier alpha value is -1.36. The van der Waals surface area contributed by atoms with Gasteiger partial charge in [0.05, 0.1) is 0 Å². The van der Waals surface area contributed by atoms with Crippen molar-refractivity contribution >= 4 is 0 Å². The summed E-state index contributed by atoms with van der Waals surface area (Å²) in [6.45, 7) is 0. The molecule has 0 aromatic heterocycles. The third kappa shape index (κ3) is 1.23. The number of allylic oxidation sites excluding steroid dienone is 1. The molecular weight excluding hydrogens is 234 g/mol. The molecule has 2 N–H and O–H groups in total. The van der Waals surface area contributed by atoms with Gasteiger partial charge in [-0.2, -0.15) is 0 Å². The summed E-state index contributed by atoms with van der Waals surface area (Å²) < 4.78 is 53.7. The summed E-state index contributed by atoms with van der Waals surface area (Å²) in [5.74, 6) is -7.13. The fraction of sp³-hybridized carbons (Fsp3) is 0.333. The Kier molecular flexibility index (Phi) is 2.10. The summed E-state index contributed by atoms with van der Waals surface area (Å²) in [6, 6.07) is -0.378. The van der Waals surface area contributed by atoms with Gasteiger partial charge in [0.15, 0.2) is 23.3 Å². The van der Waals surface area contributed by atoms with Crippen molar-refractivity contribution in [2.24, 2.45) is 5.73 Å². The standard InChI is InChI=1S/C12H9F4N/c13-9-7-4-1-2-5(6(17)3-4)8(7)10(14)12(16)11(9)15/h1-2,4-6H,3,17H2/t4-,5+,6+/m0/s1. The van der Waals surface area contributed by atoms with Gasteiger partial charge < -0.3 is 5.73 Å². The van der Waals surface area contributed by atoms with Crippen LogP contribution in [-0.2, 0) is 0 Å². The minimum Gasteiger partial charge on any atom is -0.327 e. The van der Waals surface area contributed by atoms with E-state index >= 15 is 0 Å². The number of rotatable bonds is 0. The van der Waals surface area contributed by atoms with Gasteiger partial charge >= 0.3 is 0 Å². The van der Waals surface area contributed by atoms with Crippen molar-refractivity contribution in [2.45, 2.75) is 24.3 Å². The average Bonchev–Trinajstić information content (AvgIpc) is 2.33. The van der Waals surface area contributed by atoms with E-state index in [1.807, 2.05) is 0 Å². The van der Waals surface area contributed by atoms with Crippen molar-refractivity contribution in [1.82, 2.24) is 0 Å². The quantitative estimate of drug-likeness (QED) is 0.322. The Morgan fingerprint density at radius 1 is 0.882 bits per heavy atom. The number of hydrogen-bond donors (Lipinski definition) is 1. The van der Waals surface area contributed by atoms with Gasteiger partial charge in [-0.1, -0.05) is 12.2 Å². The molecule has 0 spiro atoms. The van der Waals surface area contributed by atoms with Crippen LogP contribution in [0, 0.1) is 23.3 Å². The SMILES string of the molecule is N[C@@H]1C[C@@H]2C=C[C@H]1c1c(F)c(F)c(F)c(F)c12. The lowest BCUT2D eigenvalue weighted by Crippen LogP contribution is -2.38. The molecule has 90 valence electrons. The first-order valence-electron chi connectivity index (χ1n) is 5.32. The summed E-state index contributed by atoms with van der Waals surface area (Å²) in [5, 5.41) is 0. The van der Waals surface area contributed by atoms with E-state index < -0.39 is 35.1 Å². The van der Waals surface area contributed by atoms with Crippen LogP contribution in [0.15, 0.2) is 12.2 Å². The molecule has 0 aliphatic heterocycles. The van der Waals surface area contributed by atoms with Crippen molar-refractivity contribution in [3.05, 3.63) is 46.5 Å². The highest BCUT2D eigenvalue weighted by Crippen LogP contribution is 2.47. The maximum atomic E-state index is 13.7. The molecule has 0 unspecified atom stereocenters. The predicted molar refractivity (Wildman–Crippen MR) is 53.5 cm³/mol. The largest absolute Gasteiger partial charge is 0.327 e. The van der Waals surface area contributed by atoms with Crippen molar-refractivity contribution in [1.29, 1.82) is 0 Å². The molecular formula is C12H9F4N. The van der Waals surface area contributed by atoms with Gasteiger partial charge in [-0.3, -0.25) is 0 Å². The summed E-state index contributed by atoms with van der Waals surface area (Å²) in [7, 11) is 0. The number of halogens is 4. The molecule has 2 bridgehead atoms. The van der Waals surface area contributed by atoms with Crippen LogP contribution in [0.2, 0.25) is 0 Å². The average molecular weight is 243 g/mol. The van der Waals surface area contributed by atoms with Crippen molar-refractivity contribution in [3.8, 4) is 0 Å². The normalized spacial score (nSPS) is 29.6. The van der Waals surface area contributed by atoms with Crippen LogP contribution in [0.25, 0.3) is 0 Å². The van der Waals surface area contributed by atoms with Crippen LogP contribution < -0.4 is 5.73 Å². The zero-order valence-corrected chi connectivity index (χ0v) is 8.68. The molecule has 4 rings (SSSR count). The molecule has 1 aromatic carbocycles. The lowest BCUT2D eigenvalue weighted by molar-refractivity contribution is 0.366. The van der Waals surface area contributed by atoms with Crippen molar-refractivity contribution < 1.29 is 17.6 Å². The zero-order chi connectivity index (χ0) is 12.3. The van der Waals surface area contributed by atoms with E-state index in [0.29, 0.717) is 6.42 Å². The first kappa shape index (κ1) is 10.8. The van der Waals surface area contributed by atoms with E-state index in [1.165, 1.54) is 0 Å². The molecule has 0 fully saturated rings. The van der Waals surface area contributed by atoms with Gasteiger partial charge in [0.2, 0.25) is 0 Å². The van der Waals surface area contributed by atoms with Crippen molar-refractivity contribution in [2.75, 3.05) is 0 Å². The van der Waals surface area contributed by atoms with Crippen LogP contribution in [0.1, 0.15) is 29.4 Å². The maximum Gasteiger partial charge on any atom is 0.197 e. The molecule has 5 heteroatoms. The Balaban J connectivity index is 2.36. The monoisotopic (exact) mass is 243 g/mol. The topological polar surface area (TPSA) is 26.0 Å². The Bertz CT molecular complexity index is 538. The predicted octanol–water partition coefficient (Wildman–Crippen LogP) is 2.71. The minimum absolute atomic E-state index is 0.0735. The second-order valence-electron chi connectivity index (χ2n) is 4.50. The molecule has 0 saturated heterocycles. The number of fused-ring (bicyclic) bond motifs is 1. The first-order chi connectivity index (χ1) is 8.02. The fourth-order valence-corrected chi connectivity index (χ4v) is 2.79. The molecule has 17 heavy (non-hydrogen) atoms. The molecule has 1 aromatic rings. The lowest BCUT2D eigenvalue weighted by atomic mass is 9.68. The molecule has 0 amide bonds. The third-order valence-corrected chi connectivity index (χ3v) is 3.58. The molecule has 1 nitrogen and oxygen atoms in total.